The van der Waals surface area contributed by atoms with Crippen LogP contribution < -0.4 is 5.73 Å². The minimum Gasteiger partial charge on any atom is -0.378 e. The normalized spacial score (nSPS) is 34.7. The molecule has 0 aromatic rings. The molecule has 2 fully saturated rings. The van der Waals surface area contributed by atoms with Crippen LogP contribution in [0.2, 0.25) is 0 Å². The molecule has 1 saturated heterocycles. The molecule has 0 radical (unpaired) electrons. The predicted octanol–water partition coefficient (Wildman–Crippen LogP) is 3.19. The van der Waals surface area contributed by atoms with Crippen LogP contribution in [0.4, 0.5) is 0 Å². The largest absolute Gasteiger partial charge is 0.378 e. The Kier molecular flexibility index (Phi) is 5.18. The van der Waals surface area contributed by atoms with E-state index in [9.17, 15) is 4.79 Å². The molecule has 0 spiro atoms. The Bertz CT molecular complexity index is 441. The fourth-order valence-corrected chi connectivity index (χ4v) is 4.25. The Morgan fingerprint density at radius 3 is 2.43 bits per heavy atom. The molecule has 1 aliphatic carbocycles. The fraction of sp³-hybridized carbons (Fsp3) is 0.947. The Morgan fingerprint density at radius 1 is 1.26 bits per heavy atom. The molecule has 1 saturated carbocycles. The van der Waals surface area contributed by atoms with Crippen LogP contribution in [0.5, 0.6) is 0 Å². The van der Waals surface area contributed by atoms with Crippen LogP contribution in [-0.4, -0.2) is 42.1 Å². The molecule has 2 aliphatic rings. The first kappa shape index (κ1) is 18.7. The minimum atomic E-state index is -0.769. The highest BCUT2D eigenvalue weighted by Crippen LogP contribution is 2.50. The average Bonchev–Trinajstić information content (AvgIpc) is 2.71. The van der Waals surface area contributed by atoms with Gasteiger partial charge in [0.15, 0.2) is 0 Å². The van der Waals surface area contributed by atoms with Crippen molar-refractivity contribution in [1.29, 1.82) is 0 Å². The molecule has 3 atom stereocenters. The predicted molar refractivity (Wildman–Crippen MR) is 94.1 cm³/mol. The molecule has 1 aliphatic heterocycles. The average molecular weight is 325 g/mol. The van der Waals surface area contributed by atoms with Gasteiger partial charge in [-0.05, 0) is 37.5 Å². The SMILES string of the molecule is CCOC1CC(N)(C(=O)N2CCCC(C(C)(C)C)CC2)C1(C)C. The van der Waals surface area contributed by atoms with Gasteiger partial charge in [-0.1, -0.05) is 34.6 Å². The van der Waals surface area contributed by atoms with Gasteiger partial charge in [-0.2, -0.15) is 0 Å². The van der Waals surface area contributed by atoms with Crippen molar-refractivity contribution < 1.29 is 9.53 Å². The molecule has 4 nitrogen and oxygen atoms in total. The summed E-state index contributed by atoms with van der Waals surface area (Å²) in [6.07, 6.45) is 4.11. The smallest absolute Gasteiger partial charge is 0.243 e. The number of amides is 1. The third kappa shape index (κ3) is 3.30. The van der Waals surface area contributed by atoms with E-state index in [1.165, 1.54) is 6.42 Å². The van der Waals surface area contributed by atoms with E-state index in [2.05, 4.69) is 34.6 Å². The molecule has 2 N–H and O–H groups in total. The summed E-state index contributed by atoms with van der Waals surface area (Å²) in [5.41, 5.74) is 5.83. The minimum absolute atomic E-state index is 0.0933. The first-order valence-electron chi connectivity index (χ1n) is 9.24. The lowest BCUT2D eigenvalue weighted by Crippen LogP contribution is -2.76. The monoisotopic (exact) mass is 324 g/mol. The van der Waals surface area contributed by atoms with Crippen molar-refractivity contribution in [3.8, 4) is 0 Å². The van der Waals surface area contributed by atoms with Gasteiger partial charge in [0.1, 0.15) is 5.54 Å². The summed E-state index contributed by atoms with van der Waals surface area (Å²) in [4.78, 5) is 15.1. The maximum Gasteiger partial charge on any atom is 0.243 e. The molecule has 1 heterocycles. The summed E-state index contributed by atoms with van der Waals surface area (Å²) in [6.45, 7) is 15.4. The van der Waals surface area contributed by atoms with Crippen molar-refractivity contribution in [3.63, 3.8) is 0 Å². The first-order valence-corrected chi connectivity index (χ1v) is 9.24. The van der Waals surface area contributed by atoms with Crippen molar-refractivity contribution in [2.45, 2.75) is 78.9 Å². The van der Waals surface area contributed by atoms with E-state index >= 15 is 0 Å². The third-order valence-electron chi connectivity index (χ3n) is 6.45. The van der Waals surface area contributed by atoms with Crippen LogP contribution >= 0.6 is 0 Å². The van der Waals surface area contributed by atoms with Gasteiger partial charge in [0.25, 0.3) is 0 Å². The maximum atomic E-state index is 13.1. The van der Waals surface area contributed by atoms with Crippen LogP contribution in [0.3, 0.4) is 0 Å². The molecule has 4 heteroatoms. The van der Waals surface area contributed by atoms with E-state index < -0.39 is 5.54 Å². The zero-order valence-corrected chi connectivity index (χ0v) is 15.9. The van der Waals surface area contributed by atoms with Gasteiger partial charge >= 0.3 is 0 Å². The Morgan fingerprint density at radius 2 is 1.91 bits per heavy atom. The van der Waals surface area contributed by atoms with E-state index in [4.69, 9.17) is 10.5 Å². The van der Waals surface area contributed by atoms with Crippen molar-refractivity contribution >= 4 is 5.91 Å². The lowest BCUT2D eigenvalue weighted by atomic mass is 9.54. The summed E-state index contributed by atoms with van der Waals surface area (Å²) in [7, 11) is 0. The Hall–Kier alpha value is -0.610. The lowest BCUT2D eigenvalue weighted by molar-refractivity contribution is -0.179. The number of likely N-dealkylation sites (tertiary alicyclic amines) is 1. The third-order valence-corrected chi connectivity index (χ3v) is 6.45. The molecule has 134 valence electrons. The zero-order chi connectivity index (χ0) is 17.5. The second kappa shape index (κ2) is 6.36. The highest BCUT2D eigenvalue weighted by Gasteiger charge is 2.63. The van der Waals surface area contributed by atoms with Gasteiger partial charge in [0.2, 0.25) is 5.91 Å². The van der Waals surface area contributed by atoms with Crippen molar-refractivity contribution in [3.05, 3.63) is 0 Å². The molecule has 0 aromatic carbocycles. The molecule has 0 bridgehead atoms. The number of nitrogens with zero attached hydrogens (tertiary/aromatic N) is 1. The van der Waals surface area contributed by atoms with Crippen molar-refractivity contribution in [2.75, 3.05) is 19.7 Å². The number of carbonyl (C=O) groups is 1. The summed E-state index contributed by atoms with van der Waals surface area (Å²) in [6, 6.07) is 0. The summed E-state index contributed by atoms with van der Waals surface area (Å²) in [5.74, 6) is 0.813. The van der Waals surface area contributed by atoms with E-state index in [1.54, 1.807) is 0 Å². The van der Waals surface area contributed by atoms with Gasteiger partial charge in [0.05, 0.1) is 6.10 Å². The molecule has 2 rings (SSSR count). The van der Waals surface area contributed by atoms with Gasteiger partial charge in [-0.15, -0.1) is 0 Å². The highest BCUT2D eigenvalue weighted by molar-refractivity contribution is 5.89. The second-order valence-electron chi connectivity index (χ2n) is 9.13. The number of rotatable bonds is 3. The van der Waals surface area contributed by atoms with Gasteiger partial charge in [-0.25, -0.2) is 0 Å². The highest BCUT2D eigenvalue weighted by atomic mass is 16.5. The van der Waals surface area contributed by atoms with Crippen LogP contribution in [0.1, 0.15) is 67.2 Å². The van der Waals surface area contributed by atoms with Crippen molar-refractivity contribution in [1.82, 2.24) is 4.90 Å². The topological polar surface area (TPSA) is 55.6 Å². The zero-order valence-electron chi connectivity index (χ0n) is 15.9. The fourth-order valence-electron chi connectivity index (χ4n) is 4.25. The van der Waals surface area contributed by atoms with E-state index in [1.807, 2.05) is 11.8 Å². The lowest BCUT2D eigenvalue weighted by Gasteiger charge is -2.58. The standard InChI is InChI=1S/C19H36N2O2/c1-7-23-15-13-19(20,18(15,5)6)16(22)21-11-8-9-14(10-12-21)17(2,3)4/h14-15H,7-13,20H2,1-6H3. The molecule has 1 amide bonds. The first-order chi connectivity index (χ1) is 10.5. The summed E-state index contributed by atoms with van der Waals surface area (Å²) >= 11 is 0. The van der Waals surface area contributed by atoms with Crippen molar-refractivity contribution in [2.24, 2.45) is 22.5 Å². The molecule has 3 unspecified atom stereocenters. The van der Waals surface area contributed by atoms with Gasteiger partial charge in [0, 0.05) is 31.5 Å². The van der Waals surface area contributed by atoms with Crippen LogP contribution in [-0.2, 0) is 9.53 Å². The number of nitrogens with two attached hydrogens (primary N) is 1. The Labute approximate surface area is 142 Å². The molecule has 0 aromatic heterocycles. The Balaban J connectivity index is 2.04. The maximum absolute atomic E-state index is 13.1. The van der Waals surface area contributed by atoms with Crippen LogP contribution in [0.15, 0.2) is 0 Å². The number of hydrogen-bond donors (Lipinski definition) is 1. The quantitative estimate of drug-likeness (QED) is 0.867. The number of carbonyl (C=O) groups excluding carboxylic acids is 1. The number of hydrogen-bond acceptors (Lipinski definition) is 3. The summed E-state index contributed by atoms with van der Waals surface area (Å²) in [5, 5.41) is 0. The van der Waals surface area contributed by atoms with Crippen LogP contribution in [0.25, 0.3) is 0 Å². The molecular formula is C19H36N2O2. The summed E-state index contributed by atoms with van der Waals surface area (Å²) < 4.78 is 5.76. The molecule has 23 heavy (non-hydrogen) atoms. The molecular weight excluding hydrogens is 288 g/mol. The second-order valence-corrected chi connectivity index (χ2v) is 9.13. The number of ether oxygens (including phenoxy) is 1. The van der Waals surface area contributed by atoms with Gasteiger partial charge in [-0.3, -0.25) is 4.79 Å². The van der Waals surface area contributed by atoms with Crippen LogP contribution in [0, 0.1) is 16.7 Å². The van der Waals surface area contributed by atoms with Gasteiger partial charge < -0.3 is 15.4 Å². The van der Waals surface area contributed by atoms with E-state index in [-0.39, 0.29) is 17.4 Å². The van der Waals surface area contributed by atoms with E-state index in [0.717, 1.165) is 25.9 Å². The van der Waals surface area contributed by atoms with E-state index in [0.29, 0.717) is 24.4 Å².